The van der Waals surface area contributed by atoms with Crippen LogP contribution >= 0.6 is 11.6 Å². The zero-order valence-corrected chi connectivity index (χ0v) is 16.4. The van der Waals surface area contributed by atoms with Gasteiger partial charge in [0, 0.05) is 11.1 Å². The van der Waals surface area contributed by atoms with Crippen molar-refractivity contribution < 1.29 is 32.2 Å². The van der Waals surface area contributed by atoms with Gasteiger partial charge in [-0.3, -0.25) is 4.79 Å². The molecule has 1 saturated carbocycles. The van der Waals surface area contributed by atoms with E-state index in [0.717, 1.165) is 0 Å². The van der Waals surface area contributed by atoms with Crippen LogP contribution in [0.5, 0.6) is 0 Å². The molecule has 0 unspecified atom stereocenters. The van der Waals surface area contributed by atoms with Gasteiger partial charge in [-0.15, -0.1) is 6.42 Å². The molecule has 1 aromatic carbocycles. The first-order valence-corrected chi connectivity index (χ1v) is 8.61. The third-order valence-electron chi connectivity index (χ3n) is 4.96. The second-order valence-electron chi connectivity index (χ2n) is 7.03. The predicted molar refractivity (Wildman–Crippen MR) is 95.6 cm³/mol. The van der Waals surface area contributed by atoms with Gasteiger partial charge >= 0.3 is 11.9 Å². The van der Waals surface area contributed by atoms with Crippen molar-refractivity contribution in [1.82, 2.24) is 0 Å². The molecule has 1 fully saturated rings. The lowest BCUT2D eigenvalue weighted by Gasteiger charge is -2.11. The molecule has 1 aliphatic carbocycles. The molecule has 0 aromatic heterocycles. The summed E-state index contributed by atoms with van der Waals surface area (Å²) in [4.78, 5) is 23.9. The van der Waals surface area contributed by atoms with Crippen molar-refractivity contribution in [3.05, 3.63) is 45.3 Å². The van der Waals surface area contributed by atoms with Gasteiger partial charge in [0.15, 0.2) is 17.5 Å². The summed E-state index contributed by atoms with van der Waals surface area (Å²) in [6.07, 6.45) is 6.55. The van der Waals surface area contributed by atoms with E-state index in [1.807, 2.05) is 0 Å². The highest BCUT2D eigenvalue weighted by atomic mass is 35.5. The first-order chi connectivity index (χ1) is 13.0. The number of rotatable bonds is 5. The van der Waals surface area contributed by atoms with Crippen LogP contribution in [-0.2, 0) is 25.7 Å². The van der Waals surface area contributed by atoms with Crippen LogP contribution in [0.15, 0.2) is 11.6 Å². The number of halogens is 4. The van der Waals surface area contributed by atoms with Crippen molar-refractivity contribution in [1.29, 1.82) is 0 Å². The maximum Gasteiger partial charge on any atom is 0.333 e. The molecule has 0 aliphatic heterocycles. The first-order valence-electron chi connectivity index (χ1n) is 8.23. The third-order valence-corrected chi connectivity index (χ3v) is 5.35. The van der Waals surface area contributed by atoms with Crippen LogP contribution < -0.4 is 0 Å². The van der Waals surface area contributed by atoms with Crippen LogP contribution in [0, 0.1) is 47.0 Å². The second-order valence-corrected chi connectivity index (χ2v) is 7.41. The SMILES string of the molecule is C#Cc1c(F)c(F)c(COC(=O)[C@@H]2[C@@H](/C=C(\C)C(=O)OC)C2(C)C)c(Cl)c1F. The zero-order valence-electron chi connectivity index (χ0n) is 15.7. The Morgan fingerprint density at radius 1 is 1.25 bits per heavy atom. The van der Waals surface area contributed by atoms with E-state index in [-0.39, 0.29) is 5.92 Å². The molecule has 8 heteroatoms. The average molecular weight is 415 g/mol. The number of terminal acetylenes is 1. The van der Waals surface area contributed by atoms with Gasteiger partial charge in [-0.05, 0) is 18.3 Å². The van der Waals surface area contributed by atoms with E-state index in [2.05, 4.69) is 4.74 Å². The largest absolute Gasteiger partial charge is 0.466 e. The summed E-state index contributed by atoms with van der Waals surface area (Å²) in [5.41, 5.74) is -1.75. The summed E-state index contributed by atoms with van der Waals surface area (Å²) < 4.78 is 51.6. The van der Waals surface area contributed by atoms with Crippen molar-refractivity contribution in [2.75, 3.05) is 7.11 Å². The lowest BCUT2D eigenvalue weighted by Crippen LogP contribution is -2.13. The van der Waals surface area contributed by atoms with Gasteiger partial charge in [0.05, 0.1) is 18.1 Å². The molecule has 2 atom stereocenters. The summed E-state index contributed by atoms with van der Waals surface area (Å²) in [6, 6.07) is 0. The Hall–Kier alpha value is -2.46. The maximum atomic E-state index is 14.1. The Morgan fingerprint density at radius 3 is 2.39 bits per heavy atom. The lowest BCUT2D eigenvalue weighted by atomic mass is 10.1. The fraction of sp³-hybridized carbons (Fsp3) is 0.400. The molecule has 0 radical (unpaired) electrons. The Kier molecular flexibility index (Phi) is 6.15. The summed E-state index contributed by atoms with van der Waals surface area (Å²) in [7, 11) is 1.24. The molecule has 0 amide bonds. The lowest BCUT2D eigenvalue weighted by molar-refractivity contribution is -0.147. The summed E-state index contributed by atoms with van der Waals surface area (Å²) in [6.45, 7) is 4.37. The zero-order chi connectivity index (χ0) is 21.4. The van der Waals surface area contributed by atoms with E-state index in [4.69, 9.17) is 22.8 Å². The number of carbonyl (C=O) groups is 2. The fourth-order valence-corrected chi connectivity index (χ4v) is 3.33. The number of allylic oxidation sites excluding steroid dienone is 1. The highest BCUT2D eigenvalue weighted by Crippen LogP contribution is 2.60. The van der Waals surface area contributed by atoms with Gasteiger partial charge < -0.3 is 9.47 Å². The molecule has 4 nitrogen and oxygen atoms in total. The number of hydrogen-bond acceptors (Lipinski definition) is 4. The molecule has 28 heavy (non-hydrogen) atoms. The Labute approximate surface area is 165 Å². The second kappa shape index (κ2) is 7.88. The molecule has 0 spiro atoms. The van der Waals surface area contributed by atoms with Crippen LogP contribution in [-0.4, -0.2) is 19.0 Å². The van der Waals surface area contributed by atoms with Crippen molar-refractivity contribution in [3.63, 3.8) is 0 Å². The Morgan fingerprint density at radius 2 is 1.86 bits per heavy atom. The quantitative estimate of drug-likeness (QED) is 0.314. The van der Waals surface area contributed by atoms with Gasteiger partial charge in [-0.25, -0.2) is 18.0 Å². The monoisotopic (exact) mass is 414 g/mol. The summed E-state index contributed by atoms with van der Waals surface area (Å²) in [5.74, 6) is -4.81. The van der Waals surface area contributed by atoms with Crippen molar-refractivity contribution >= 4 is 23.5 Å². The molecule has 2 rings (SSSR count). The minimum Gasteiger partial charge on any atom is -0.466 e. The minimum absolute atomic E-state index is 0.309. The average Bonchev–Trinajstić information content (AvgIpc) is 3.19. The smallest absolute Gasteiger partial charge is 0.333 e. The van der Waals surface area contributed by atoms with Crippen LogP contribution in [0.2, 0.25) is 5.02 Å². The number of methoxy groups -OCH3 is 1. The van der Waals surface area contributed by atoms with Gasteiger partial charge in [0.2, 0.25) is 0 Å². The molecule has 150 valence electrons. The topological polar surface area (TPSA) is 52.6 Å². The van der Waals surface area contributed by atoms with Crippen LogP contribution in [0.3, 0.4) is 0 Å². The van der Waals surface area contributed by atoms with E-state index in [0.29, 0.717) is 5.57 Å². The Bertz CT molecular complexity index is 886. The van der Waals surface area contributed by atoms with Gasteiger partial charge in [0.25, 0.3) is 0 Å². The molecule has 1 aromatic rings. The van der Waals surface area contributed by atoms with Gasteiger partial charge in [-0.1, -0.05) is 37.4 Å². The van der Waals surface area contributed by atoms with E-state index < -0.39 is 63.5 Å². The highest BCUT2D eigenvalue weighted by molar-refractivity contribution is 6.31. The Balaban J connectivity index is 2.18. The maximum absolute atomic E-state index is 14.1. The summed E-state index contributed by atoms with van der Waals surface area (Å²) >= 11 is 5.71. The first kappa shape index (κ1) is 21.8. The van der Waals surface area contributed by atoms with E-state index in [1.165, 1.54) is 7.11 Å². The summed E-state index contributed by atoms with van der Waals surface area (Å²) in [5, 5.41) is -0.743. The highest BCUT2D eigenvalue weighted by Gasteiger charge is 2.61. The predicted octanol–water partition coefficient (Wildman–Crippen LogP) is 4.17. The molecule has 1 aliphatic rings. The third kappa shape index (κ3) is 3.74. The number of carbonyl (C=O) groups excluding carboxylic acids is 2. The van der Waals surface area contributed by atoms with Crippen molar-refractivity contribution in [2.24, 2.45) is 17.3 Å². The number of esters is 2. The normalized spacial score (nSPS) is 20.3. The van der Waals surface area contributed by atoms with Crippen LogP contribution in [0.4, 0.5) is 13.2 Å². The van der Waals surface area contributed by atoms with Gasteiger partial charge in [0.1, 0.15) is 12.2 Å². The van der Waals surface area contributed by atoms with E-state index in [1.54, 1.807) is 32.8 Å². The molecular weight excluding hydrogens is 397 g/mol. The molecule has 0 bridgehead atoms. The molecular formula is C20H18ClF3O4. The van der Waals surface area contributed by atoms with Crippen LogP contribution in [0.25, 0.3) is 0 Å². The van der Waals surface area contributed by atoms with E-state index in [9.17, 15) is 22.8 Å². The number of hydrogen-bond donors (Lipinski definition) is 0. The van der Waals surface area contributed by atoms with Gasteiger partial charge in [-0.2, -0.15) is 0 Å². The minimum atomic E-state index is -1.57. The molecule has 0 heterocycles. The standard InChI is InChI=1S/C20H18ClF3O4/c1-6-10-15(22)14(21)11(17(24)16(10)23)8-28-19(26)13-12(20(13,3)4)7-9(2)18(25)27-5/h1,7,12-13H,8H2,2-5H3/b9-7+/t12-,13+/m1/s1. The number of benzene rings is 1. The molecule has 0 N–H and O–H groups in total. The van der Waals surface area contributed by atoms with Crippen LogP contribution in [0.1, 0.15) is 31.9 Å². The molecule has 0 saturated heterocycles. The van der Waals surface area contributed by atoms with Crippen molar-refractivity contribution in [2.45, 2.75) is 27.4 Å². The van der Waals surface area contributed by atoms with Crippen molar-refractivity contribution in [3.8, 4) is 12.3 Å². The van der Waals surface area contributed by atoms with E-state index >= 15 is 0 Å². The fourth-order valence-electron chi connectivity index (χ4n) is 3.10. The number of ether oxygens (including phenoxy) is 2.